The number of urea groups is 1. The molecule has 0 aliphatic carbocycles. The number of nitro groups is 1. The SMILES string of the molecule is CN1C(=O)N(C)C(O)(C(F)(F)F)C(C(=O)c2ccccc2)C1c1cc2c(cc1[N+](=O)[O-])OCO2. The van der Waals surface area contributed by atoms with Crippen LogP contribution in [0.15, 0.2) is 42.5 Å². The first-order valence-corrected chi connectivity index (χ1v) is 9.86. The number of rotatable bonds is 4. The molecule has 3 atom stereocenters. The van der Waals surface area contributed by atoms with Gasteiger partial charge in [-0.15, -0.1) is 0 Å². The van der Waals surface area contributed by atoms with Crippen molar-refractivity contribution >= 4 is 17.5 Å². The number of ether oxygens (including phenoxy) is 2. The van der Waals surface area contributed by atoms with Crippen LogP contribution in [-0.4, -0.2) is 64.4 Å². The first-order chi connectivity index (χ1) is 15.9. The molecule has 2 aliphatic heterocycles. The molecule has 0 aromatic heterocycles. The van der Waals surface area contributed by atoms with Crippen LogP contribution in [0.25, 0.3) is 0 Å². The van der Waals surface area contributed by atoms with Gasteiger partial charge in [0.1, 0.15) is 5.92 Å². The molecule has 34 heavy (non-hydrogen) atoms. The number of aliphatic hydroxyl groups is 1. The summed E-state index contributed by atoms with van der Waals surface area (Å²) in [4.78, 5) is 38.1. The predicted molar refractivity (Wildman–Crippen MR) is 108 cm³/mol. The van der Waals surface area contributed by atoms with E-state index in [-0.39, 0.29) is 28.8 Å². The molecule has 0 saturated carbocycles. The molecule has 2 amide bonds. The Balaban J connectivity index is 2.02. The summed E-state index contributed by atoms with van der Waals surface area (Å²) < 4.78 is 53.5. The molecule has 10 nitrogen and oxygen atoms in total. The summed E-state index contributed by atoms with van der Waals surface area (Å²) in [6.07, 6.45) is -5.49. The highest BCUT2D eigenvalue weighted by Gasteiger charge is 2.70. The Bertz CT molecular complexity index is 1170. The molecule has 3 unspecified atom stereocenters. The lowest BCUT2D eigenvalue weighted by Gasteiger charge is -2.52. The van der Waals surface area contributed by atoms with Crippen molar-refractivity contribution in [3.05, 3.63) is 63.7 Å². The number of fused-ring (bicyclic) bond motifs is 1. The Morgan fingerprint density at radius 2 is 1.76 bits per heavy atom. The van der Waals surface area contributed by atoms with E-state index in [9.17, 15) is 38.0 Å². The van der Waals surface area contributed by atoms with Crippen molar-refractivity contribution in [2.75, 3.05) is 20.9 Å². The molecule has 4 rings (SSSR count). The predicted octanol–water partition coefficient (Wildman–Crippen LogP) is 3.11. The molecule has 13 heteroatoms. The summed E-state index contributed by atoms with van der Waals surface area (Å²) in [6, 6.07) is 5.70. The van der Waals surface area contributed by atoms with Crippen molar-refractivity contribution in [2.24, 2.45) is 5.92 Å². The lowest BCUT2D eigenvalue weighted by atomic mass is 9.75. The van der Waals surface area contributed by atoms with Crippen molar-refractivity contribution in [1.82, 2.24) is 9.80 Å². The van der Waals surface area contributed by atoms with Crippen LogP contribution >= 0.6 is 0 Å². The molecule has 0 bridgehead atoms. The third-order valence-electron chi connectivity index (χ3n) is 6.06. The Hall–Kier alpha value is -3.87. The number of Topliss-reactive ketones (excluding diaryl/α,β-unsaturated/α-hetero) is 1. The molecule has 180 valence electrons. The first kappa shape index (κ1) is 23.3. The number of nitrogens with zero attached hydrogens (tertiary/aromatic N) is 3. The van der Waals surface area contributed by atoms with Crippen molar-refractivity contribution in [2.45, 2.75) is 17.9 Å². The van der Waals surface area contributed by atoms with Crippen LogP contribution < -0.4 is 9.47 Å². The van der Waals surface area contributed by atoms with E-state index in [4.69, 9.17) is 9.47 Å². The van der Waals surface area contributed by atoms with Crippen LogP contribution in [-0.2, 0) is 0 Å². The second-order valence-electron chi connectivity index (χ2n) is 7.85. The van der Waals surface area contributed by atoms with Crippen LogP contribution in [0.1, 0.15) is 22.0 Å². The number of ketones is 1. The molecular weight excluding hydrogens is 463 g/mol. The standard InChI is InChI=1S/C21H18F3N3O7/c1-25-17(12-8-14-15(34-10-33-14)9-13(12)27(31)32)16(18(28)11-6-4-3-5-7-11)20(30,21(22,23)24)26(2)19(25)29/h3-9,16-17,30H,10H2,1-2H3. The smallest absolute Gasteiger partial charge is 0.437 e. The normalized spacial score (nSPS) is 24.4. The van der Waals surface area contributed by atoms with E-state index < -0.39 is 51.8 Å². The zero-order valence-corrected chi connectivity index (χ0v) is 17.8. The maximum absolute atomic E-state index is 14.4. The number of amides is 2. The zero-order chi connectivity index (χ0) is 25.0. The molecule has 1 N–H and O–H groups in total. The van der Waals surface area contributed by atoms with Crippen LogP contribution in [0, 0.1) is 16.0 Å². The summed E-state index contributed by atoms with van der Waals surface area (Å²) in [7, 11) is 1.81. The maximum atomic E-state index is 14.4. The number of hydrogen-bond donors (Lipinski definition) is 1. The van der Waals surface area contributed by atoms with Gasteiger partial charge in [0.25, 0.3) is 11.4 Å². The molecule has 2 aromatic rings. The fourth-order valence-electron chi connectivity index (χ4n) is 4.36. The van der Waals surface area contributed by atoms with E-state index in [0.717, 1.165) is 24.1 Å². The second-order valence-corrected chi connectivity index (χ2v) is 7.85. The average molecular weight is 481 g/mol. The second kappa shape index (κ2) is 7.87. The molecular formula is C21H18F3N3O7. The largest absolute Gasteiger partial charge is 0.454 e. The summed E-state index contributed by atoms with van der Waals surface area (Å²) in [5.41, 5.74) is -5.28. The molecule has 1 saturated heterocycles. The fourth-order valence-corrected chi connectivity index (χ4v) is 4.36. The van der Waals surface area contributed by atoms with E-state index >= 15 is 0 Å². The number of benzene rings is 2. The van der Waals surface area contributed by atoms with Gasteiger partial charge in [-0.25, -0.2) is 4.79 Å². The number of hydrogen-bond acceptors (Lipinski definition) is 7. The quantitative estimate of drug-likeness (QED) is 0.405. The monoisotopic (exact) mass is 481 g/mol. The summed E-state index contributed by atoms with van der Waals surface area (Å²) in [6.45, 7) is -0.281. The van der Waals surface area contributed by atoms with Gasteiger partial charge in [-0.2, -0.15) is 13.2 Å². The third kappa shape index (κ3) is 3.31. The molecule has 1 fully saturated rings. The van der Waals surface area contributed by atoms with Crippen LogP contribution in [0.2, 0.25) is 0 Å². The zero-order valence-electron chi connectivity index (χ0n) is 17.8. The van der Waals surface area contributed by atoms with E-state index in [1.54, 1.807) is 0 Å². The van der Waals surface area contributed by atoms with E-state index in [1.165, 1.54) is 30.3 Å². The van der Waals surface area contributed by atoms with Crippen molar-refractivity contribution < 1.29 is 42.3 Å². The van der Waals surface area contributed by atoms with Gasteiger partial charge in [-0.1, -0.05) is 30.3 Å². The Morgan fingerprint density at radius 3 is 2.32 bits per heavy atom. The van der Waals surface area contributed by atoms with Crippen LogP contribution in [0.3, 0.4) is 0 Å². The Kier molecular flexibility index (Phi) is 5.39. The summed E-state index contributed by atoms with van der Waals surface area (Å²) >= 11 is 0. The molecule has 2 heterocycles. The average Bonchev–Trinajstić information content (AvgIpc) is 3.26. The minimum absolute atomic E-state index is 0.0122. The van der Waals surface area contributed by atoms with Crippen molar-refractivity contribution in [3.8, 4) is 11.5 Å². The maximum Gasteiger partial charge on any atom is 0.437 e. The van der Waals surface area contributed by atoms with E-state index in [2.05, 4.69) is 0 Å². The van der Waals surface area contributed by atoms with Gasteiger partial charge >= 0.3 is 12.2 Å². The van der Waals surface area contributed by atoms with Gasteiger partial charge in [-0.05, 0) is 6.07 Å². The van der Waals surface area contributed by atoms with Gasteiger partial charge in [0.2, 0.25) is 6.79 Å². The lowest BCUT2D eigenvalue weighted by Crippen LogP contribution is -2.73. The lowest BCUT2D eigenvalue weighted by molar-refractivity contribution is -0.386. The Morgan fingerprint density at radius 1 is 1.18 bits per heavy atom. The van der Waals surface area contributed by atoms with Gasteiger partial charge in [0, 0.05) is 19.7 Å². The van der Waals surface area contributed by atoms with Gasteiger partial charge in [-0.3, -0.25) is 19.8 Å². The Labute approximate surface area is 190 Å². The number of halogens is 3. The number of carbonyl (C=O) groups excluding carboxylic acids is 2. The highest BCUT2D eigenvalue weighted by atomic mass is 19.4. The minimum Gasteiger partial charge on any atom is -0.454 e. The number of nitro benzene ring substituents is 1. The number of alkyl halides is 3. The summed E-state index contributed by atoms with van der Waals surface area (Å²) in [5, 5.41) is 22.9. The summed E-state index contributed by atoms with van der Waals surface area (Å²) in [5.74, 6) is -3.58. The van der Waals surface area contributed by atoms with Gasteiger partial charge in [0.05, 0.1) is 22.6 Å². The highest BCUT2D eigenvalue weighted by Crippen LogP contribution is 2.53. The fraction of sp³-hybridized carbons (Fsp3) is 0.333. The topological polar surface area (TPSA) is 122 Å². The van der Waals surface area contributed by atoms with Crippen LogP contribution in [0.5, 0.6) is 11.5 Å². The minimum atomic E-state index is -5.49. The van der Waals surface area contributed by atoms with E-state index in [0.29, 0.717) is 7.05 Å². The molecule has 0 spiro atoms. The first-order valence-electron chi connectivity index (χ1n) is 9.86. The van der Waals surface area contributed by atoms with Gasteiger partial charge < -0.3 is 19.5 Å². The van der Waals surface area contributed by atoms with Crippen LogP contribution in [0.4, 0.5) is 23.7 Å². The third-order valence-corrected chi connectivity index (χ3v) is 6.06. The van der Waals surface area contributed by atoms with Crippen molar-refractivity contribution in [3.63, 3.8) is 0 Å². The number of carbonyl (C=O) groups is 2. The van der Waals surface area contributed by atoms with Crippen molar-refractivity contribution in [1.29, 1.82) is 0 Å². The van der Waals surface area contributed by atoms with E-state index in [1.807, 2.05) is 0 Å². The molecule has 2 aromatic carbocycles. The highest BCUT2D eigenvalue weighted by molar-refractivity contribution is 6.00. The van der Waals surface area contributed by atoms with Gasteiger partial charge in [0.15, 0.2) is 17.3 Å². The molecule has 2 aliphatic rings. The molecule has 0 radical (unpaired) electrons.